The summed E-state index contributed by atoms with van der Waals surface area (Å²) in [6.45, 7) is 2.59. The molecule has 2 aliphatic carbocycles. The molecule has 1 aliphatic heterocycles. The third kappa shape index (κ3) is 1.27. The number of hydrogen-bond acceptors (Lipinski definition) is 2. The van der Waals surface area contributed by atoms with Crippen LogP contribution in [0.4, 0.5) is 0 Å². The topological polar surface area (TPSA) is 41.6 Å². The predicted molar refractivity (Wildman–Crippen MR) is 51.3 cm³/mol. The smallest absolute Gasteiger partial charge is 0.225 e. The molecule has 3 aliphatic rings. The molecule has 14 heavy (non-hydrogen) atoms. The lowest BCUT2D eigenvalue weighted by Crippen LogP contribution is -2.40. The molecule has 0 aromatic carbocycles. The first-order valence-electron chi connectivity index (χ1n) is 5.31. The van der Waals surface area contributed by atoms with Crippen LogP contribution in [0.2, 0.25) is 0 Å². The number of nitrogens with one attached hydrogen (secondary N) is 1. The van der Waals surface area contributed by atoms with E-state index in [0.29, 0.717) is 18.4 Å². The first kappa shape index (κ1) is 8.48. The highest BCUT2D eigenvalue weighted by Crippen LogP contribution is 2.43. The van der Waals surface area contributed by atoms with Crippen LogP contribution in [0.3, 0.4) is 0 Å². The number of ether oxygens (including phenoxy) is 1. The molecule has 0 aromatic rings. The Morgan fingerprint density at radius 1 is 1.50 bits per heavy atom. The maximum atomic E-state index is 11.9. The molecule has 3 rings (SSSR count). The third-order valence-electron chi connectivity index (χ3n) is 3.58. The summed E-state index contributed by atoms with van der Waals surface area (Å²) >= 11 is 0. The molecule has 2 bridgehead atoms. The van der Waals surface area contributed by atoms with E-state index in [0.717, 1.165) is 6.42 Å². The van der Waals surface area contributed by atoms with Gasteiger partial charge in [-0.1, -0.05) is 12.2 Å². The number of fused-ring (bicyclic) bond motifs is 2. The van der Waals surface area contributed by atoms with Crippen LogP contribution in [0.15, 0.2) is 12.2 Å². The van der Waals surface area contributed by atoms with Gasteiger partial charge in [0, 0.05) is 5.92 Å². The molecule has 0 radical (unpaired) electrons. The van der Waals surface area contributed by atoms with Gasteiger partial charge in [0.25, 0.3) is 0 Å². The van der Waals surface area contributed by atoms with E-state index in [2.05, 4.69) is 17.5 Å². The Bertz CT molecular complexity index is 306. The number of carbonyl (C=O) groups is 1. The Kier molecular flexibility index (Phi) is 1.57. The summed E-state index contributed by atoms with van der Waals surface area (Å²) in [5.41, 5.74) is -0.345. The van der Waals surface area contributed by atoms with Crippen molar-refractivity contribution in [2.24, 2.45) is 17.8 Å². The summed E-state index contributed by atoms with van der Waals surface area (Å²) in [5.74, 6) is 1.53. The molecule has 3 nitrogen and oxygen atoms in total. The monoisotopic (exact) mass is 193 g/mol. The van der Waals surface area contributed by atoms with Crippen LogP contribution in [-0.2, 0) is 9.53 Å². The van der Waals surface area contributed by atoms with Gasteiger partial charge in [0.05, 0.1) is 6.61 Å². The van der Waals surface area contributed by atoms with Crippen LogP contribution in [-0.4, -0.2) is 18.2 Å². The Balaban J connectivity index is 1.66. The van der Waals surface area contributed by atoms with E-state index in [1.54, 1.807) is 0 Å². The zero-order valence-corrected chi connectivity index (χ0v) is 8.32. The van der Waals surface area contributed by atoms with Gasteiger partial charge in [-0.3, -0.25) is 4.79 Å². The number of amides is 1. The fourth-order valence-corrected chi connectivity index (χ4v) is 2.62. The van der Waals surface area contributed by atoms with Crippen LogP contribution in [0, 0.1) is 17.8 Å². The summed E-state index contributed by atoms with van der Waals surface area (Å²) in [6, 6.07) is 0. The Labute approximate surface area is 83.5 Å². The standard InChI is InChI=1S/C11H15NO2/c1-11(6-14-11)12-10(13)9-5-7-2-3-8(9)4-7/h2-3,7-9H,4-6H2,1H3,(H,12,13). The molecule has 4 unspecified atom stereocenters. The molecule has 0 aromatic heterocycles. The maximum Gasteiger partial charge on any atom is 0.225 e. The largest absolute Gasteiger partial charge is 0.349 e. The molecule has 3 heteroatoms. The summed E-state index contributed by atoms with van der Waals surface area (Å²) in [7, 11) is 0. The summed E-state index contributed by atoms with van der Waals surface area (Å²) in [4.78, 5) is 11.9. The second-order valence-corrected chi connectivity index (χ2v) is 4.90. The molecule has 2 fully saturated rings. The Morgan fingerprint density at radius 2 is 2.29 bits per heavy atom. The molecule has 0 spiro atoms. The molecule has 76 valence electrons. The van der Waals surface area contributed by atoms with E-state index in [9.17, 15) is 4.79 Å². The zero-order chi connectivity index (χ0) is 9.76. The predicted octanol–water partition coefficient (Wildman–Crippen LogP) is 1.06. The quantitative estimate of drug-likeness (QED) is 0.526. The van der Waals surface area contributed by atoms with Crippen LogP contribution in [0.25, 0.3) is 0 Å². The second kappa shape index (κ2) is 2.60. The van der Waals surface area contributed by atoms with Crippen LogP contribution < -0.4 is 5.32 Å². The number of rotatable bonds is 2. The van der Waals surface area contributed by atoms with Crippen LogP contribution in [0.1, 0.15) is 19.8 Å². The van der Waals surface area contributed by atoms with Crippen molar-refractivity contribution in [2.45, 2.75) is 25.5 Å². The van der Waals surface area contributed by atoms with Crippen molar-refractivity contribution in [2.75, 3.05) is 6.61 Å². The molecular formula is C11H15NO2. The molecule has 1 saturated heterocycles. The minimum Gasteiger partial charge on any atom is -0.349 e. The van der Waals surface area contributed by atoms with Gasteiger partial charge in [-0.2, -0.15) is 0 Å². The maximum absolute atomic E-state index is 11.9. The van der Waals surface area contributed by atoms with Crippen LogP contribution >= 0.6 is 0 Å². The number of carbonyl (C=O) groups excluding carboxylic acids is 1. The van der Waals surface area contributed by atoms with E-state index in [4.69, 9.17) is 4.74 Å². The van der Waals surface area contributed by atoms with Crippen molar-refractivity contribution >= 4 is 5.91 Å². The van der Waals surface area contributed by atoms with Crippen molar-refractivity contribution in [3.8, 4) is 0 Å². The van der Waals surface area contributed by atoms with Crippen molar-refractivity contribution < 1.29 is 9.53 Å². The number of hydrogen-bond donors (Lipinski definition) is 1. The van der Waals surface area contributed by atoms with Gasteiger partial charge < -0.3 is 10.1 Å². The lowest BCUT2D eigenvalue weighted by Gasteiger charge is -2.19. The summed E-state index contributed by atoms with van der Waals surface area (Å²) in [5, 5.41) is 2.96. The van der Waals surface area contributed by atoms with E-state index >= 15 is 0 Å². The van der Waals surface area contributed by atoms with Gasteiger partial charge in [0.1, 0.15) is 0 Å². The summed E-state index contributed by atoms with van der Waals surface area (Å²) in [6.07, 6.45) is 6.66. The molecule has 1 saturated carbocycles. The fourth-order valence-electron chi connectivity index (χ4n) is 2.62. The van der Waals surface area contributed by atoms with E-state index in [-0.39, 0.29) is 17.6 Å². The second-order valence-electron chi connectivity index (χ2n) is 4.90. The van der Waals surface area contributed by atoms with Crippen molar-refractivity contribution in [3.05, 3.63) is 12.2 Å². The highest BCUT2D eigenvalue weighted by Gasteiger charge is 2.46. The van der Waals surface area contributed by atoms with Gasteiger partial charge >= 0.3 is 0 Å². The van der Waals surface area contributed by atoms with Gasteiger partial charge in [-0.15, -0.1) is 0 Å². The fraction of sp³-hybridized carbons (Fsp3) is 0.727. The minimum absolute atomic E-state index is 0.182. The summed E-state index contributed by atoms with van der Waals surface area (Å²) < 4.78 is 5.16. The van der Waals surface area contributed by atoms with Crippen molar-refractivity contribution in [1.82, 2.24) is 5.32 Å². The lowest BCUT2D eigenvalue weighted by atomic mass is 9.92. The number of epoxide rings is 1. The normalized spacial score (nSPS) is 48.2. The Hall–Kier alpha value is -0.830. The van der Waals surface area contributed by atoms with Crippen molar-refractivity contribution in [3.63, 3.8) is 0 Å². The Morgan fingerprint density at radius 3 is 2.79 bits per heavy atom. The third-order valence-corrected chi connectivity index (χ3v) is 3.58. The van der Waals surface area contributed by atoms with E-state index < -0.39 is 0 Å². The van der Waals surface area contributed by atoms with Gasteiger partial charge in [-0.05, 0) is 31.6 Å². The van der Waals surface area contributed by atoms with Gasteiger partial charge in [0.15, 0.2) is 5.72 Å². The van der Waals surface area contributed by atoms with E-state index in [1.165, 1.54) is 6.42 Å². The SMILES string of the molecule is CC1(NC(=O)C2CC3C=CC2C3)CO1. The minimum atomic E-state index is -0.345. The molecule has 1 N–H and O–H groups in total. The molecule has 1 amide bonds. The van der Waals surface area contributed by atoms with Gasteiger partial charge in [0.2, 0.25) is 5.91 Å². The zero-order valence-electron chi connectivity index (χ0n) is 8.32. The van der Waals surface area contributed by atoms with Crippen molar-refractivity contribution in [1.29, 1.82) is 0 Å². The molecule has 1 heterocycles. The molecule has 4 atom stereocenters. The van der Waals surface area contributed by atoms with E-state index in [1.807, 2.05) is 6.92 Å². The average Bonchev–Trinajstić information content (AvgIpc) is 2.67. The first-order chi connectivity index (χ1) is 6.66. The highest BCUT2D eigenvalue weighted by molar-refractivity contribution is 5.80. The first-order valence-corrected chi connectivity index (χ1v) is 5.31. The number of allylic oxidation sites excluding steroid dienone is 2. The van der Waals surface area contributed by atoms with Gasteiger partial charge in [-0.25, -0.2) is 0 Å². The average molecular weight is 193 g/mol. The highest BCUT2D eigenvalue weighted by atomic mass is 16.6. The van der Waals surface area contributed by atoms with Crippen LogP contribution in [0.5, 0.6) is 0 Å². The lowest BCUT2D eigenvalue weighted by molar-refractivity contribution is -0.127. The molecular weight excluding hydrogens is 178 g/mol.